The summed E-state index contributed by atoms with van der Waals surface area (Å²) in [6.07, 6.45) is 4.33. The minimum Gasteiger partial charge on any atom is -0.347 e. The molecule has 0 radical (unpaired) electrons. The Bertz CT molecular complexity index is 711. The van der Waals surface area contributed by atoms with Gasteiger partial charge in [0.25, 0.3) is 5.91 Å². The summed E-state index contributed by atoms with van der Waals surface area (Å²) >= 11 is 0. The van der Waals surface area contributed by atoms with E-state index in [1.54, 1.807) is 11.9 Å². The number of amides is 4. The molecule has 27 heavy (non-hydrogen) atoms. The van der Waals surface area contributed by atoms with Gasteiger partial charge in [0.05, 0.1) is 6.04 Å². The molecule has 0 aromatic heterocycles. The Kier molecular flexibility index (Phi) is 5.53. The second kappa shape index (κ2) is 7.71. The molecule has 2 aliphatic rings. The van der Waals surface area contributed by atoms with E-state index in [-0.39, 0.29) is 36.3 Å². The monoisotopic (exact) mass is 371 g/mol. The molecule has 1 saturated carbocycles. The molecule has 0 bridgehead atoms. The number of rotatable bonds is 5. The van der Waals surface area contributed by atoms with Crippen LogP contribution in [-0.2, 0) is 9.59 Å². The van der Waals surface area contributed by atoms with E-state index in [4.69, 9.17) is 0 Å². The van der Waals surface area contributed by atoms with Gasteiger partial charge >= 0.3 is 6.03 Å². The van der Waals surface area contributed by atoms with Crippen LogP contribution in [0.1, 0.15) is 57.6 Å². The maximum Gasteiger partial charge on any atom is 0.327 e. The summed E-state index contributed by atoms with van der Waals surface area (Å²) in [6, 6.07) is 9.23. The van der Waals surface area contributed by atoms with Gasteiger partial charge in [0, 0.05) is 7.05 Å². The first-order valence-corrected chi connectivity index (χ1v) is 9.81. The summed E-state index contributed by atoms with van der Waals surface area (Å²) in [4.78, 5) is 41.0. The van der Waals surface area contributed by atoms with Crippen molar-refractivity contribution in [2.75, 3.05) is 13.6 Å². The lowest BCUT2D eigenvalue weighted by atomic mass is 9.81. The van der Waals surface area contributed by atoms with E-state index in [2.05, 4.69) is 5.32 Å². The van der Waals surface area contributed by atoms with Crippen molar-refractivity contribution in [3.63, 3.8) is 0 Å². The fraction of sp³-hybridized carbons (Fsp3) is 0.571. The molecule has 3 rings (SSSR count). The number of hydrogen-bond donors (Lipinski definition) is 1. The smallest absolute Gasteiger partial charge is 0.327 e. The molecule has 2 fully saturated rings. The van der Waals surface area contributed by atoms with E-state index in [9.17, 15) is 14.4 Å². The van der Waals surface area contributed by atoms with Crippen molar-refractivity contribution in [3.05, 3.63) is 35.9 Å². The third kappa shape index (κ3) is 3.57. The Balaban J connectivity index is 1.71. The predicted octanol–water partition coefficient (Wildman–Crippen LogP) is 3.10. The number of hydrogen-bond acceptors (Lipinski definition) is 3. The normalized spacial score (nSPS) is 20.4. The Morgan fingerprint density at radius 1 is 1.11 bits per heavy atom. The summed E-state index contributed by atoms with van der Waals surface area (Å²) < 4.78 is 0. The molecule has 1 saturated heterocycles. The zero-order chi connectivity index (χ0) is 19.6. The Hall–Kier alpha value is -2.37. The molecule has 1 heterocycles. The van der Waals surface area contributed by atoms with Gasteiger partial charge in [-0.15, -0.1) is 0 Å². The van der Waals surface area contributed by atoms with Gasteiger partial charge in [0.15, 0.2) is 0 Å². The number of benzene rings is 1. The molecule has 1 aliphatic heterocycles. The molecule has 1 spiro atoms. The molecule has 146 valence electrons. The highest BCUT2D eigenvalue weighted by atomic mass is 16.2. The van der Waals surface area contributed by atoms with Gasteiger partial charge in [-0.3, -0.25) is 14.5 Å². The van der Waals surface area contributed by atoms with Crippen LogP contribution in [0.2, 0.25) is 0 Å². The van der Waals surface area contributed by atoms with Gasteiger partial charge < -0.3 is 10.2 Å². The van der Waals surface area contributed by atoms with Crippen molar-refractivity contribution >= 4 is 17.8 Å². The summed E-state index contributed by atoms with van der Waals surface area (Å²) in [5, 5.41) is 3.00. The van der Waals surface area contributed by atoms with Crippen LogP contribution < -0.4 is 5.32 Å². The van der Waals surface area contributed by atoms with Gasteiger partial charge in [-0.1, -0.05) is 63.4 Å². The number of likely N-dealkylation sites (N-methyl/N-ethyl adjacent to an activating group) is 1. The molecular weight excluding hydrogens is 342 g/mol. The molecule has 1 aliphatic carbocycles. The fourth-order valence-corrected chi connectivity index (χ4v) is 4.33. The Morgan fingerprint density at radius 3 is 2.33 bits per heavy atom. The zero-order valence-electron chi connectivity index (χ0n) is 16.4. The molecule has 1 atom stereocenters. The fourth-order valence-electron chi connectivity index (χ4n) is 4.33. The third-order valence-corrected chi connectivity index (χ3v) is 5.93. The summed E-state index contributed by atoms with van der Waals surface area (Å²) in [7, 11) is 1.68. The maximum absolute atomic E-state index is 13.0. The van der Waals surface area contributed by atoms with Crippen LogP contribution in [0.4, 0.5) is 4.79 Å². The van der Waals surface area contributed by atoms with Gasteiger partial charge in [-0.25, -0.2) is 4.79 Å². The van der Waals surface area contributed by atoms with Gasteiger partial charge in [-0.05, 0) is 24.3 Å². The average molecular weight is 371 g/mol. The van der Waals surface area contributed by atoms with E-state index < -0.39 is 5.54 Å². The Labute approximate surface area is 160 Å². The van der Waals surface area contributed by atoms with Gasteiger partial charge in [0.2, 0.25) is 5.91 Å². The standard InChI is InChI=1S/C21H29N3O3/c1-15(2)18(16-10-6-4-7-11-16)22-17(25)14-24-19(26)21(23(3)20(24)27)12-8-5-9-13-21/h4,6-7,10-11,15,18H,5,8-9,12-14H2,1-3H3,(H,22,25). The highest BCUT2D eigenvalue weighted by molar-refractivity contribution is 6.08. The van der Waals surface area contributed by atoms with Crippen molar-refractivity contribution in [2.45, 2.75) is 57.5 Å². The van der Waals surface area contributed by atoms with Crippen LogP contribution in [0.25, 0.3) is 0 Å². The largest absolute Gasteiger partial charge is 0.347 e. The van der Waals surface area contributed by atoms with Crippen LogP contribution in [0.5, 0.6) is 0 Å². The number of nitrogens with one attached hydrogen (secondary N) is 1. The number of carbonyl (C=O) groups is 3. The lowest BCUT2D eigenvalue weighted by Gasteiger charge is -2.35. The van der Waals surface area contributed by atoms with E-state index in [1.165, 1.54) is 0 Å². The maximum atomic E-state index is 13.0. The predicted molar refractivity (Wildman–Crippen MR) is 103 cm³/mol. The van der Waals surface area contributed by atoms with Crippen LogP contribution >= 0.6 is 0 Å². The molecule has 6 heteroatoms. The van der Waals surface area contributed by atoms with E-state index >= 15 is 0 Å². The van der Waals surface area contributed by atoms with Crippen molar-refractivity contribution in [1.29, 1.82) is 0 Å². The lowest BCUT2D eigenvalue weighted by molar-refractivity contribution is -0.137. The minimum absolute atomic E-state index is 0.159. The van der Waals surface area contributed by atoms with Crippen LogP contribution in [-0.4, -0.2) is 46.8 Å². The number of imide groups is 1. The van der Waals surface area contributed by atoms with Crippen molar-refractivity contribution in [1.82, 2.24) is 15.1 Å². The molecular formula is C21H29N3O3. The van der Waals surface area contributed by atoms with E-state index in [1.807, 2.05) is 44.2 Å². The first kappa shape index (κ1) is 19.4. The second-order valence-electron chi connectivity index (χ2n) is 8.03. The van der Waals surface area contributed by atoms with Crippen molar-refractivity contribution < 1.29 is 14.4 Å². The first-order valence-electron chi connectivity index (χ1n) is 9.81. The lowest BCUT2D eigenvalue weighted by Crippen LogP contribution is -2.49. The van der Waals surface area contributed by atoms with Crippen molar-refractivity contribution in [2.24, 2.45) is 5.92 Å². The molecule has 1 aromatic rings. The topological polar surface area (TPSA) is 69.7 Å². The molecule has 1 N–H and O–H groups in total. The van der Waals surface area contributed by atoms with Crippen LogP contribution in [0, 0.1) is 5.92 Å². The first-order chi connectivity index (χ1) is 12.9. The van der Waals surface area contributed by atoms with Crippen LogP contribution in [0.3, 0.4) is 0 Å². The molecule has 4 amide bonds. The number of nitrogens with zero attached hydrogens (tertiary/aromatic N) is 2. The highest BCUT2D eigenvalue weighted by Crippen LogP contribution is 2.39. The summed E-state index contributed by atoms with van der Waals surface area (Å²) in [5.74, 6) is -0.333. The highest BCUT2D eigenvalue weighted by Gasteiger charge is 2.55. The molecule has 6 nitrogen and oxygen atoms in total. The summed E-state index contributed by atoms with van der Waals surface area (Å²) in [6.45, 7) is 3.85. The molecule has 1 unspecified atom stereocenters. The minimum atomic E-state index is -0.744. The SMILES string of the molecule is CC(C)C(NC(=O)CN1C(=O)N(C)C2(CCCCC2)C1=O)c1ccccc1. The van der Waals surface area contributed by atoms with Crippen molar-refractivity contribution in [3.8, 4) is 0 Å². The average Bonchev–Trinajstić information content (AvgIpc) is 2.83. The quantitative estimate of drug-likeness (QED) is 0.809. The van der Waals surface area contributed by atoms with E-state index in [0.717, 1.165) is 29.7 Å². The Morgan fingerprint density at radius 2 is 1.74 bits per heavy atom. The summed E-state index contributed by atoms with van der Waals surface area (Å²) in [5.41, 5.74) is 0.271. The van der Waals surface area contributed by atoms with Gasteiger partial charge in [0.1, 0.15) is 12.1 Å². The second-order valence-corrected chi connectivity index (χ2v) is 8.03. The molecule has 1 aromatic carbocycles. The number of carbonyl (C=O) groups excluding carboxylic acids is 3. The van der Waals surface area contributed by atoms with Gasteiger partial charge in [-0.2, -0.15) is 0 Å². The third-order valence-electron chi connectivity index (χ3n) is 5.93. The number of urea groups is 1. The zero-order valence-corrected chi connectivity index (χ0v) is 16.4. The van der Waals surface area contributed by atoms with Crippen LogP contribution in [0.15, 0.2) is 30.3 Å². The van der Waals surface area contributed by atoms with E-state index in [0.29, 0.717) is 12.8 Å².